The van der Waals surface area contributed by atoms with Gasteiger partial charge in [-0.25, -0.2) is 13.6 Å². The predicted molar refractivity (Wildman–Crippen MR) is 97.6 cm³/mol. The lowest BCUT2D eigenvalue weighted by Gasteiger charge is -2.23. The number of carbonyl (C=O) groups excluding carboxylic acids is 2. The molecule has 0 radical (unpaired) electrons. The summed E-state index contributed by atoms with van der Waals surface area (Å²) in [6, 6.07) is 10.9. The van der Waals surface area contributed by atoms with Crippen LogP contribution in [0, 0.1) is 11.6 Å². The minimum absolute atomic E-state index is 0.400. The Hall–Kier alpha value is -3.02. The Morgan fingerprint density at radius 2 is 1.70 bits per heavy atom. The molecule has 0 aliphatic carbocycles. The summed E-state index contributed by atoms with van der Waals surface area (Å²) >= 11 is 0. The molecule has 3 rings (SSSR count). The molecule has 0 N–H and O–H groups in total. The molecule has 0 saturated heterocycles. The van der Waals surface area contributed by atoms with Crippen LogP contribution in [0.2, 0.25) is 0 Å². The normalized spacial score (nSPS) is 16.3. The molecule has 0 spiro atoms. The first-order chi connectivity index (χ1) is 12.7. The van der Waals surface area contributed by atoms with Crippen LogP contribution < -0.4 is 4.90 Å². The van der Waals surface area contributed by atoms with Crippen LogP contribution in [-0.4, -0.2) is 25.4 Å². The number of ketones is 1. The fourth-order valence-electron chi connectivity index (χ4n) is 3.35. The van der Waals surface area contributed by atoms with E-state index in [0.717, 1.165) is 35.1 Å². The summed E-state index contributed by atoms with van der Waals surface area (Å²) in [5.41, 5.74) is 1.62. The molecule has 0 unspecified atom stereocenters. The van der Waals surface area contributed by atoms with Gasteiger partial charge in [0.25, 0.3) is 0 Å². The molecule has 1 heterocycles. The van der Waals surface area contributed by atoms with Crippen molar-refractivity contribution >= 4 is 17.4 Å². The first kappa shape index (κ1) is 18.8. The van der Waals surface area contributed by atoms with Gasteiger partial charge in [0.15, 0.2) is 12.4 Å². The molecule has 27 heavy (non-hydrogen) atoms. The van der Waals surface area contributed by atoms with E-state index in [-0.39, 0.29) is 0 Å². The molecule has 0 fully saturated rings. The van der Waals surface area contributed by atoms with Crippen molar-refractivity contribution in [3.8, 4) is 0 Å². The zero-order chi connectivity index (χ0) is 19.8. The van der Waals surface area contributed by atoms with Gasteiger partial charge in [-0.05, 0) is 23.8 Å². The second-order valence-electron chi connectivity index (χ2n) is 6.87. The number of fused-ring (bicyclic) bond motifs is 1. The highest BCUT2D eigenvalue weighted by Crippen LogP contribution is 2.46. The van der Waals surface area contributed by atoms with Crippen LogP contribution in [0.3, 0.4) is 0 Å². The summed E-state index contributed by atoms with van der Waals surface area (Å²) < 4.78 is 32.0. The average Bonchev–Trinajstić information content (AvgIpc) is 2.81. The van der Waals surface area contributed by atoms with E-state index in [0.29, 0.717) is 0 Å². The summed E-state index contributed by atoms with van der Waals surface area (Å²) in [4.78, 5) is 26.1. The second-order valence-corrected chi connectivity index (χ2v) is 6.87. The Kier molecular flexibility index (Phi) is 4.83. The van der Waals surface area contributed by atoms with E-state index in [1.807, 2.05) is 50.1 Å². The molecule has 0 atom stereocenters. The number of allylic oxidation sites excluding steroid dienone is 1. The fraction of sp³-hybridized carbons (Fsp3) is 0.238. The van der Waals surface area contributed by atoms with E-state index in [1.165, 1.54) is 6.08 Å². The van der Waals surface area contributed by atoms with Gasteiger partial charge in [-0.15, -0.1) is 0 Å². The highest BCUT2D eigenvalue weighted by atomic mass is 19.1. The van der Waals surface area contributed by atoms with Crippen molar-refractivity contribution in [2.24, 2.45) is 0 Å². The smallest absolute Gasteiger partial charge is 0.344 e. The van der Waals surface area contributed by atoms with E-state index in [9.17, 15) is 18.4 Å². The van der Waals surface area contributed by atoms with Crippen molar-refractivity contribution in [1.29, 1.82) is 0 Å². The van der Waals surface area contributed by atoms with Gasteiger partial charge in [-0.3, -0.25) is 4.79 Å². The molecule has 140 valence electrons. The van der Waals surface area contributed by atoms with E-state index >= 15 is 0 Å². The van der Waals surface area contributed by atoms with Crippen molar-refractivity contribution in [3.05, 3.63) is 77.0 Å². The molecular formula is C21H19F2NO3. The highest BCUT2D eigenvalue weighted by Gasteiger charge is 2.38. The number of hydrogen-bond acceptors (Lipinski definition) is 4. The number of halogens is 2. The van der Waals surface area contributed by atoms with Crippen molar-refractivity contribution in [2.75, 3.05) is 18.6 Å². The number of rotatable bonds is 4. The van der Waals surface area contributed by atoms with E-state index in [1.54, 1.807) is 0 Å². The molecule has 0 aromatic heterocycles. The topological polar surface area (TPSA) is 46.6 Å². The Morgan fingerprint density at radius 3 is 2.33 bits per heavy atom. The monoisotopic (exact) mass is 371 g/mol. The zero-order valence-electron chi connectivity index (χ0n) is 15.3. The van der Waals surface area contributed by atoms with Gasteiger partial charge in [0.05, 0.1) is 0 Å². The summed E-state index contributed by atoms with van der Waals surface area (Å²) in [6.07, 6.45) is 1.41. The minimum Gasteiger partial charge on any atom is -0.454 e. The zero-order valence-corrected chi connectivity index (χ0v) is 15.3. The maximum Gasteiger partial charge on any atom is 0.344 e. The molecule has 1 aliphatic rings. The molecular weight excluding hydrogens is 352 g/mol. The van der Waals surface area contributed by atoms with Crippen LogP contribution in [0.25, 0.3) is 0 Å². The summed E-state index contributed by atoms with van der Waals surface area (Å²) in [7, 11) is 1.85. The van der Waals surface area contributed by atoms with Gasteiger partial charge in [0.2, 0.25) is 0 Å². The van der Waals surface area contributed by atoms with Gasteiger partial charge in [-0.2, -0.15) is 0 Å². The molecule has 2 aromatic rings. The number of esters is 1. The van der Waals surface area contributed by atoms with Gasteiger partial charge in [-0.1, -0.05) is 38.1 Å². The lowest BCUT2D eigenvalue weighted by atomic mass is 9.83. The third kappa shape index (κ3) is 3.35. The molecule has 6 heteroatoms. The van der Waals surface area contributed by atoms with Crippen molar-refractivity contribution in [3.63, 3.8) is 0 Å². The largest absolute Gasteiger partial charge is 0.454 e. The predicted octanol–water partition coefficient (Wildman–Crippen LogP) is 4.00. The second kappa shape index (κ2) is 6.95. The average molecular weight is 371 g/mol. The molecule has 0 amide bonds. The Bertz CT molecular complexity index is 930. The van der Waals surface area contributed by atoms with Crippen molar-refractivity contribution in [2.45, 2.75) is 19.3 Å². The maximum atomic E-state index is 13.6. The molecule has 4 nitrogen and oxygen atoms in total. The van der Waals surface area contributed by atoms with Crippen LogP contribution >= 0.6 is 0 Å². The van der Waals surface area contributed by atoms with E-state index < -0.39 is 41.0 Å². The first-order valence-electron chi connectivity index (χ1n) is 8.43. The Morgan fingerprint density at radius 1 is 1.07 bits per heavy atom. The summed E-state index contributed by atoms with van der Waals surface area (Å²) in [6.45, 7) is 3.39. The van der Waals surface area contributed by atoms with Gasteiger partial charge >= 0.3 is 5.97 Å². The lowest BCUT2D eigenvalue weighted by Crippen LogP contribution is -2.25. The quantitative estimate of drug-likeness (QED) is 0.602. The first-order valence-corrected chi connectivity index (χ1v) is 8.43. The van der Waals surface area contributed by atoms with Gasteiger partial charge in [0.1, 0.15) is 17.2 Å². The maximum absolute atomic E-state index is 13.6. The molecule has 0 bridgehead atoms. The number of hydrogen-bond donors (Lipinski definition) is 0. The lowest BCUT2D eigenvalue weighted by molar-refractivity contribution is -0.117. The standard InChI is InChI=1S/C21H19F2NO3/c1-21(2)14-7-4-5-10-17(14)24(3)18(21)11-13(25)12-27-20(26)19-15(22)8-6-9-16(19)23/h4-11H,12H2,1-3H3/b18-11+. The van der Waals surface area contributed by atoms with Gasteiger partial charge in [0, 0.05) is 29.9 Å². The van der Waals surface area contributed by atoms with Crippen LogP contribution in [0.1, 0.15) is 29.8 Å². The molecule has 0 saturated carbocycles. The van der Waals surface area contributed by atoms with Gasteiger partial charge < -0.3 is 9.64 Å². The van der Waals surface area contributed by atoms with Crippen LogP contribution in [0.5, 0.6) is 0 Å². The molecule has 2 aromatic carbocycles. The third-order valence-corrected chi connectivity index (χ3v) is 4.75. The molecule has 1 aliphatic heterocycles. The number of ether oxygens (including phenoxy) is 1. The number of carbonyl (C=O) groups is 2. The van der Waals surface area contributed by atoms with E-state index in [4.69, 9.17) is 4.74 Å². The minimum atomic E-state index is -1.21. The SMILES string of the molecule is CN1/C(=C/C(=O)COC(=O)c2c(F)cccc2F)C(C)(C)c2ccccc21. The summed E-state index contributed by atoms with van der Waals surface area (Å²) in [5.74, 6) is -3.74. The fourth-order valence-corrected chi connectivity index (χ4v) is 3.35. The number of anilines is 1. The van der Waals surface area contributed by atoms with E-state index in [2.05, 4.69) is 0 Å². The number of para-hydroxylation sites is 1. The van der Waals surface area contributed by atoms with Crippen molar-refractivity contribution < 1.29 is 23.1 Å². The van der Waals surface area contributed by atoms with Crippen LogP contribution in [-0.2, 0) is 14.9 Å². The Labute approximate surface area is 156 Å². The summed E-state index contributed by atoms with van der Waals surface area (Å²) in [5, 5.41) is 0. The number of benzene rings is 2. The van der Waals surface area contributed by atoms with Crippen LogP contribution in [0.15, 0.2) is 54.2 Å². The highest BCUT2D eigenvalue weighted by molar-refractivity contribution is 5.96. The van der Waals surface area contributed by atoms with Crippen LogP contribution in [0.4, 0.5) is 14.5 Å². The Balaban J connectivity index is 1.75. The number of nitrogens with zero attached hydrogens (tertiary/aromatic N) is 1. The van der Waals surface area contributed by atoms with Crippen molar-refractivity contribution in [1.82, 2.24) is 0 Å². The third-order valence-electron chi connectivity index (χ3n) is 4.75. The number of likely N-dealkylation sites (N-methyl/N-ethyl adjacent to an activating group) is 1.